The van der Waals surface area contributed by atoms with Crippen molar-refractivity contribution in [1.29, 1.82) is 0 Å². The standard InChI is InChI=1S/C16H24O9/c1-22-9-5-8(3-4-17)6-10(23-2)15(9)25-16-14(21)13(20)12(19)11(7-18)24-16/h5-6,11-14,16-21H,3-4,7H2,1-2H3/t11-,12+,13+,14-,16+/m0/s1. The summed E-state index contributed by atoms with van der Waals surface area (Å²) in [6, 6.07) is 3.27. The van der Waals surface area contributed by atoms with Gasteiger partial charge in [-0.3, -0.25) is 0 Å². The number of aliphatic hydroxyl groups is 5. The first kappa shape index (κ1) is 19.7. The molecule has 9 heteroatoms. The molecule has 0 bridgehead atoms. The van der Waals surface area contributed by atoms with Crippen LogP contribution in [0.1, 0.15) is 5.56 Å². The first-order valence-electron chi connectivity index (χ1n) is 7.79. The summed E-state index contributed by atoms with van der Waals surface area (Å²) in [6.07, 6.45) is -6.65. The van der Waals surface area contributed by atoms with Gasteiger partial charge in [0.15, 0.2) is 11.5 Å². The van der Waals surface area contributed by atoms with Crippen LogP contribution < -0.4 is 14.2 Å². The van der Waals surface area contributed by atoms with Crippen LogP contribution in [-0.2, 0) is 11.2 Å². The van der Waals surface area contributed by atoms with Crippen molar-refractivity contribution < 1.29 is 44.5 Å². The Balaban J connectivity index is 2.31. The van der Waals surface area contributed by atoms with Gasteiger partial charge in [0, 0.05) is 6.61 Å². The first-order valence-corrected chi connectivity index (χ1v) is 7.79. The van der Waals surface area contributed by atoms with Crippen LogP contribution in [0.3, 0.4) is 0 Å². The fourth-order valence-corrected chi connectivity index (χ4v) is 2.60. The molecular formula is C16H24O9. The van der Waals surface area contributed by atoms with Crippen LogP contribution in [0.15, 0.2) is 12.1 Å². The van der Waals surface area contributed by atoms with E-state index in [1.54, 1.807) is 12.1 Å². The van der Waals surface area contributed by atoms with E-state index in [1.807, 2.05) is 0 Å². The third-order valence-corrected chi connectivity index (χ3v) is 4.00. The van der Waals surface area contributed by atoms with Crippen LogP contribution in [0.25, 0.3) is 0 Å². The van der Waals surface area contributed by atoms with Crippen molar-refractivity contribution in [1.82, 2.24) is 0 Å². The van der Waals surface area contributed by atoms with Crippen molar-refractivity contribution in [3.8, 4) is 17.2 Å². The zero-order valence-electron chi connectivity index (χ0n) is 14.0. The molecular weight excluding hydrogens is 336 g/mol. The van der Waals surface area contributed by atoms with E-state index in [0.717, 1.165) is 5.56 Å². The lowest BCUT2D eigenvalue weighted by Gasteiger charge is -2.39. The SMILES string of the molecule is COc1cc(CCO)cc(OC)c1O[C@H]1O[C@@H](CO)[C@@H](O)[C@@H](O)[C@@H]1O. The van der Waals surface area contributed by atoms with Crippen molar-refractivity contribution >= 4 is 0 Å². The third-order valence-electron chi connectivity index (χ3n) is 4.00. The molecule has 0 aromatic heterocycles. The number of rotatable bonds is 7. The molecule has 9 nitrogen and oxygen atoms in total. The maximum atomic E-state index is 10.1. The molecule has 0 radical (unpaired) electrons. The normalized spacial score (nSPS) is 29.3. The van der Waals surface area contributed by atoms with Crippen molar-refractivity contribution in [3.63, 3.8) is 0 Å². The molecule has 0 saturated carbocycles. The number of ether oxygens (including phenoxy) is 4. The lowest BCUT2D eigenvalue weighted by molar-refractivity contribution is -0.277. The lowest BCUT2D eigenvalue weighted by atomic mass is 9.99. The highest BCUT2D eigenvalue weighted by molar-refractivity contribution is 5.54. The molecule has 1 aromatic carbocycles. The Bertz CT molecular complexity index is 538. The molecule has 1 aliphatic heterocycles. The summed E-state index contributed by atoms with van der Waals surface area (Å²) in [5.74, 6) is 0.676. The topological polar surface area (TPSA) is 138 Å². The van der Waals surface area contributed by atoms with E-state index in [2.05, 4.69) is 0 Å². The van der Waals surface area contributed by atoms with Gasteiger partial charge in [-0.15, -0.1) is 0 Å². The second-order valence-corrected chi connectivity index (χ2v) is 5.62. The quantitative estimate of drug-likeness (QED) is 0.390. The Labute approximate surface area is 145 Å². The highest BCUT2D eigenvalue weighted by atomic mass is 16.7. The number of hydrogen-bond acceptors (Lipinski definition) is 9. The average molecular weight is 360 g/mol. The van der Waals surface area contributed by atoms with Crippen molar-refractivity contribution in [2.45, 2.75) is 37.1 Å². The average Bonchev–Trinajstić information content (AvgIpc) is 2.62. The third kappa shape index (κ3) is 4.14. The summed E-state index contributed by atoms with van der Waals surface area (Å²) in [7, 11) is 2.83. The summed E-state index contributed by atoms with van der Waals surface area (Å²) in [5, 5.41) is 48.1. The van der Waals surface area contributed by atoms with Crippen LogP contribution in [0.5, 0.6) is 17.2 Å². The Morgan fingerprint density at radius 3 is 2.04 bits per heavy atom. The van der Waals surface area contributed by atoms with E-state index >= 15 is 0 Å². The zero-order chi connectivity index (χ0) is 18.6. The minimum absolute atomic E-state index is 0.0563. The number of benzene rings is 1. The van der Waals surface area contributed by atoms with Crippen LogP contribution in [0.4, 0.5) is 0 Å². The molecule has 1 saturated heterocycles. The summed E-state index contributed by atoms with van der Waals surface area (Å²) >= 11 is 0. The maximum absolute atomic E-state index is 10.1. The van der Waals surface area contributed by atoms with Crippen molar-refractivity contribution in [3.05, 3.63) is 17.7 Å². The number of aliphatic hydroxyl groups excluding tert-OH is 5. The molecule has 0 unspecified atom stereocenters. The lowest BCUT2D eigenvalue weighted by Crippen LogP contribution is -2.60. The van der Waals surface area contributed by atoms with Gasteiger partial charge < -0.3 is 44.5 Å². The van der Waals surface area contributed by atoms with Gasteiger partial charge in [0.25, 0.3) is 0 Å². The molecule has 1 heterocycles. The Morgan fingerprint density at radius 2 is 1.56 bits per heavy atom. The van der Waals surface area contributed by atoms with E-state index in [4.69, 9.17) is 24.1 Å². The van der Waals surface area contributed by atoms with Gasteiger partial charge in [0.05, 0.1) is 20.8 Å². The summed E-state index contributed by atoms with van der Waals surface area (Å²) < 4.78 is 21.5. The van der Waals surface area contributed by atoms with Gasteiger partial charge in [0.1, 0.15) is 24.4 Å². The summed E-state index contributed by atoms with van der Waals surface area (Å²) in [4.78, 5) is 0. The minimum atomic E-state index is -1.55. The van der Waals surface area contributed by atoms with E-state index in [1.165, 1.54) is 14.2 Å². The largest absolute Gasteiger partial charge is 0.493 e. The molecule has 25 heavy (non-hydrogen) atoms. The molecule has 5 N–H and O–H groups in total. The second kappa shape index (κ2) is 8.65. The predicted octanol–water partition coefficient (Wildman–Crippen LogP) is -1.58. The van der Waals surface area contributed by atoms with Crippen LogP contribution in [0, 0.1) is 0 Å². The molecule has 1 aromatic rings. The van der Waals surface area contributed by atoms with Gasteiger partial charge in [-0.05, 0) is 24.1 Å². The Hall–Kier alpha value is -1.62. The molecule has 2 rings (SSSR count). The summed E-state index contributed by atoms with van der Waals surface area (Å²) in [5.41, 5.74) is 0.748. The molecule has 0 spiro atoms. The molecule has 1 fully saturated rings. The van der Waals surface area contributed by atoms with E-state index in [0.29, 0.717) is 6.42 Å². The molecule has 0 amide bonds. The van der Waals surface area contributed by atoms with Gasteiger partial charge in [-0.1, -0.05) is 0 Å². The van der Waals surface area contributed by atoms with Gasteiger partial charge in [-0.2, -0.15) is 0 Å². The van der Waals surface area contributed by atoms with Crippen LogP contribution in [0.2, 0.25) is 0 Å². The smallest absolute Gasteiger partial charge is 0.229 e. The minimum Gasteiger partial charge on any atom is -0.493 e. The zero-order valence-corrected chi connectivity index (χ0v) is 14.0. The predicted molar refractivity (Wildman–Crippen MR) is 84.7 cm³/mol. The summed E-state index contributed by atoms with van der Waals surface area (Å²) in [6.45, 7) is -0.617. The van der Waals surface area contributed by atoms with Gasteiger partial charge in [-0.25, -0.2) is 0 Å². The molecule has 0 aliphatic carbocycles. The van der Waals surface area contributed by atoms with Crippen LogP contribution in [-0.4, -0.2) is 83.7 Å². The first-order chi connectivity index (χ1) is 12.0. The highest BCUT2D eigenvalue weighted by Gasteiger charge is 2.45. The molecule has 1 aliphatic rings. The molecule has 5 atom stereocenters. The highest BCUT2D eigenvalue weighted by Crippen LogP contribution is 2.40. The number of hydrogen-bond donors (Lipinski definition) is 5. The van der Waals surface area contributed by atoms with Gasteiger partial charge in [0.2, 0.25) is 12.0 Å². The van der Waals surface area contributed by atoms with Gasteiger partial charge >= 0.3 is 0 Å². The van der Waals surface area contributed by atoms with E-state index < -0.39 is 37.3 Å². The van der Waals surface area contributed by atoms with Crippen molar-refractivity contribution in [2.24, 2.45) is 0 Å². The fourth-order valence-electron chi connectivity index (χ4n) is 2.60. The van der Waals surface area contributed by atoms with Crippen molar-refractivity contribution in [2.75, 3.05) is 27.4 Å². The van der Waals surface area contributed by atoms with E-state index in [-0.39, 0.29) is 23.9 Å². The monoisotopic (exact) mass is 360 g/mol. The Kier molecular flexibility index (Phi) is 6.82. The Morgan fingerprint density at radius 1 is 0.960 bits per heavy atom. The molecule has 142 valence electrons. The number of methoxy groups -OCH3 is 2. The maximum Gasteiger partial charge on any atom is 0.229 e. The fraction of sp³-hybridized carbons (Fsp3) is 0.625. The van der Waals surface area contributed by atoms with E-state index in [9.17, 15) is 20.4 Å². The van der Waals surface area contributed by atoms with Crippen LogP contribution >= 0.6 is 0 Å². The second-order valence-electron chi connectivity index (χ2n) is 5.62.